The van der Waals surface area contributed by atoms with Gasteiger partial charge in [0.2, 0.25) is 0 Å². The van der Waals surface area contributed by atoms with Crippen LogP contribution in [-0.4, -0.2) is 19.1 Å². The SMILES string of the molecule is CCCCCC(C)(CN)C(=O)OCC. The number of rotatable bonds is 7. The molecule has 0 aromatic heterocycles. The zero-order valence-electron chi connectivity index (χ0n) is 9.64. The molecule has 0 spiro atoms. The van der Waals surface area contributed by atoms with Gasteiger partial charge in [0.15, 0.2) is 0 Å². The van der Waals surface area contributed by atoms with Crippen molar-refractivity contribution in [3.05, 3.63) is 0 Å². The fraction of sp³-hybridized carbons (Fsp3) is 0.909. The van der Waals surface area contributed by atoms with Crippen LogP contribution in [0.15, 0.2) is 0 Å². The van der Waals surface area contributed by atoms with Crippen LogP contribution in [0.3, 0.4) is 0 Å². The Hall–Kier alpha value is -0.570. The highest BCUT2D eigenvalue weighted by molar-refractivity contribution is 5.76. The summed E-state index contributed by atoms with van der Waals surface area (Å²) in [5, 5.41) is 0. The first-order valence-electron chi connectivity index (χ1n) is 5.48. The summed E-state index contributed by atoms with van der Waals surface area (Å²) in [7, 11) is 0. The summed E-state index contributed by atoms with van der Waals surface area (Å²) in [6.07, 6.45) is 4.18. The lowest BCUT2D eigenvalue weighted by molar-refractivity contribution is -0.154. The smallest absolute Gasteiger partial charge is 0.313 e. The summed E-state index contributed by atoms with van der Waals surface area (Å²) in [4.78, 5) is 11.6. The lowest BCUT2D eigenvalue weighted by Crippen LogP contribution is -2.37. The third-order valence-corrected chi connectivity index (χ3v) is 2.55. The maximum Gasteiger partial charge on any atom is 0.313 e. The largest absolute Gasteiger partial charge is 0.466 e. The molecule has 0 aliphatic carbocycles. The lowest BCUT2D eigenvalue weighted by Gasteiger charge is -2.25. The second kappa shape index (κ2) is 6.82. The number of carbonyl (C=O) groups excluding carboxylic acids is 1. The van der Waals surface area contributed by atoms with E-state index in [1.807, 2.05) is 13.8 Å². The third-order valence-electron chi connectivity index (χ3n) is 2.55. The van der Waals surface area contributed by atoms with Gasteiger partial charge in [0.25, 0.3) is 0 Å². The van der Waals surface area contributed by atoms with Gasteiger partial charge in [-0.2, -0.15) is 0 Å². The third kappa shape index (κ3) is 4.09. The van der Waals surface area contributed by atoms with Gasteiger partial charge in [-0.15, -0.1) is 0 Å². The molecule has 0 aromatic carbocycles. The van der Waals surface area contributed by atoms with Gasteiger partial charge < -0.3 is 10.5 Å². The molecule has 0 radical (unpaired) electrons. The Morgan fingerprint density at radius 3 is 2.43 bits per heavy atom. The Balaban J connectivity index is 4.09. The molecular formula is C11H23NO2. The van der Waals surface area contributed by atoms with E-state index in [1.165, 1.54) is 0 Å². The minimum absolute atomic E-state index is 0.154. The van der Waals surface area contributed by atoms with Gasteiger partial charge in [-0.1, -0.05) is 26.2 Å². The number of carbonyl (C=O) groups is 1. The fourth-order valence-corrected chi connectivity index (χ4v) is 1.36. The van der Waals surface area contributed by atoms with Crippen LogP contribution >= 0.6 is 0 Å². The van der Waals surface area contributed by atoms with E-state index in [-0.39, 0.29) is 5.97 Å². The zero-order chi connectivity index (χ0) is 11.0. The molecule has 0 aromatic rings. The summed E-state index contributed by atoms with van der Waals surface area (Å²) in [5.74, 6) is -0.154. The van der Waals surface area contributed by atoms with E-state index in [9.17, 15) is 4.79 Å². The minimum atomic E-state index is -0.481. The molecule has 3 nitrogen and oxygen atoms in total. The molecule has 1 atom stereocenters. The number of hydrogen-bond acceptors (Lipinski definition) is 3. The summed E-state index contributed by atoms with van der Waals surface area (Å²) in [6.45, 7) is 6.66. The molecule has 0 saturated heterocycles. The molecule has 0 heterocycles. The number of unbranched alkanes of at least 4 members (excludes halogenated alkanes) is 2. The maximum atomic E-state index is 11.6. The van der Waals surface area contributed by atoms with E-state index >= 15 is 0 Å². The average Bonchev–Trinajstić information content (AvgIpc) is 2.18. The van der Waals surface area contributed by atoms with Crippen molar-refractivity contribution in [2.45, 2.75) is 46.5 Å². The van der Waals surface area contributed by atoms with E-state index in [0.717, 1.165) is 25.7 Å². The topological polar surface area (TPSA) is 52.3 Å². The Bertz CT molecular complexity index is 171. The molecule has 3 heteroatoms. The van der Waals surface area contributed by atoms with Crippen molar-refractivity contribution in [2.24, 2.45) is 11.1 Å². The van der Waals surface area contributed by atoms with Crippen LogP contribution in [0.5, 0.6) is 0 Å². The van der Waals surface area contributed by atoms with Gasteiger partial charge in [0.1, 0.15) is 0 Å². The summed E-state index contributed by atoms with van der Waals surface area (Å²) >= 11 is 0. The summed E-state index contributed by atoms with van der Waals surface area (Å²) in [5.41, 5.74) is 5.14. The van der Waals surface area contributed by atoms with Gasteiger partial charge in [-0.3, -0.25) is 4.79 Å². The van der Waals surface area contributed by atoms with Gasteiger partial charge >= 0.3 is 5.97 Å². The van der Waals surface area contributed by atoms with E-state index in [4.69, 9.17) is 10.5 Å². The van der Waals surface area contributed by atoms with Crippen LogP contribution < -0.4 is 5.73 Å². The lowest BCUT2D eigenvalue weighted by atomic mass is 9.85. The summed E-state index contributed by atoms with van der Waals surface area (Å²) in [6, 6.07) is 0. The molecule has 0 saturated carbocycles. The van der Waals surface area contributed by atoms with Crippen molar-refractivity contribution in [1.29, 1.82) is 0 Å². The predicted octanol–water partition coefficient (Wildman–Crippen LogP) is 2.09. The van der Waals surface area contributed by atoms with Crippen LogP contribution in [0.4, 0.5) is 0 Å². The molecule has 0 aliphatic rings. The van der Waals surface area contributed by atoms with E-state index < -0.39 is 5.41 Å². The molecule has 0 fully saturated rings. The van der Waals surface area contributed by atoms with E-state index in [1.54, 1.807) is 0 Å². The van der Waals surface area contributed by atoms with Crippen LogP contribution in [0.25, 0.3) is 0 Å². The van der Waals surface area contributed by atoms with Gasteiger partial charge in [0.05, 0.1) is 12.0 Å². The van der Waals surface area contributed by atoms with Crippen molar-refractivity contribution in [3.8, 4) is 0 Å². The quantitative estimate of drug-likeness (QED) is 0.507. The summed E-state index contributed by atoms with van der Waals surface area (Å²) < 4.78 is 5.01. The Kier molecular flexibility index (Phi) is 6.54. The Morgan fingerprint density at radius 1 is 1.36 bits per heavy atom. The van der Waals surface area contributed by atoms with Gasteiger partial charge in [-0.05, 0) is 20.3 Å². The van der Waals surface area contributed by atoms with E-state index in [0.29, 0.717) is 13.2 Å². The predicted molar refractivity (Wildman–Crippen MR) is 57.9 cm³/mol. The Morgan fingerprint density at radius 2 is 2.00 bits per heavy atom. The average molecular weight is 201 g/mol. The first-order valence-corrected chi connectivity index (χ1v) is 5.48. The van der Waals surface area contributed by atoms with Gasteiger partial charge in [-0.25, -0.2) is 0 Å². The highest BCUT2D eigenvalue weighted by atomic mass is 16.5. The number of ether oxygens (including phenoxy) is 1. The Labute approximate surface area is 87.0 Å². The molecular weight excluding hydrogens is 178 g/mol. The number of hydrogen-bond donors (Lipinski definition) is 1. The fourth-order valence-electron chi connectivity index (χ4n) is 1.36. The first kappa shape index (κ1) is 13.4. The highest BCUT2D eigenvalue weighted by Crippen LogP contribution is 2.24. The molecule has 1 unspecified atom stereocenters. The molecule has 0 bridgehead atoms. The first-order chi connectivity index (χ1) is 6.60. The number of esters is 1. The molecule has 84 valence electrons. The second-order valence-electron chi connectivity index (χ2n) is 3.94. The van der Waals surface area contributed by atoms with Crippen LogP contribution in [0.1, 0.15) is 46.5 Å². The normalized spacial score (nSPS) is 14.9. The van der Waals surface area contributed by atoms with Crippen molar-refractivity contribution < 1.29 is 9.53 Å². The van der Waals surface area contributed by atoms with Crippen molar-refractivity contribution >= 4 is 5.97 Å². The van der Waals surface area contributed by atoms with Crippen LogP contribution in [0.2, 0.25) is 0 Å². The molecule has 0 aliphatic heterocycles. The second-order valence-corrected chi connectivity index (χ2v) is 3.94. The highest BCUT2D eigenvalue weighted by Gasteiger charge is 2.32. The zero-order valence-corrected chi connectivity index (χ0v) is 9.64. The van der Waals surface area contributed by atoms with Crippen molar-refractivity contribution in [3.63, 3.8) is 0 Å². The molecule has 2 N–H and O–H groups in total. The van der Waals surface area contributed by atoms with E-state index in [2.05, 4.69) is 6.92 Å². The molecule has 14 heavy (non-hydrogen) atoms. The number of nitrogens with two attached hydrogens (primary N) is 1. The molecule has 0 amide bonds. The van der Waals surface area contributed by atoms with Crippen LogP contribution in [-0.2, 0) is 9.53 Å². The minimum Gasteiger partial charge on any atom is -0.466 e. The van der Waals surface area contributed by atoms with Crippen molar-refractivity contribution in [2.75, 3.05) is 13.2 Å². The van der Waals surface area contributed by atoms with Crippen LogP contribution in [0, 0.1) is 5.41 Å². The maximum absolute atomic E-state index is 11.6. The standard InChI is InChI=1S/C11H23NO2/c1-4-6-7-8-11(3,9-12)10(13)14-5-2/h4-9,12H2,1-3H3. The molecule has 0 rings (SSSR count). The van der Waals surface area contributed by atoms with Crippen molar-refractivity contribution in [1.82, 2.24) is 0 Å². The van der Waals surface area contributed by atoms with Gasteiger partial charge in [0, 0.05) is 6.54 Å². The monoisotopic (exact) mass is 201 g/mol.